The number of likely N-dealkylation sites (tertiary alicyclic amines) is 3. The molecule has 5 unspecified atom stereocenters. The molecule has 3 aliphatic heterocycles. The third-order valence-electron chi connectivity index (χ3n) is 10.2. The van der Waals surface area contributed by atoms with E-state index in [0.29, 0.717) is 17.5 Å². The van der Waals surface area contributed by atoms with Crippen molar-refractivity contribution in [2.75, 3.05) is 26.7 Å². The highest BCUT2D eigenvalue weighted by atomic mass is 16.5. The second-order valence-electron chi connectivity index (χ2n) is 11.5. The summed E-state index contributed by atoms with van der Waals surface area (Å²) in [5.41, 5.74) is 3.86. The van der Waals surface area contributed by atoms with E-state index in [1.54, 1.807) is 7.11 Å². The van der Waals surface area contributed by atoms with Crippen LogP contribution >= 0.6 is 0 Å². The fourth-order valence-electron chi connectivity index (χ4n) is 8.98. The molecule has 0 N–H and O–H groups in total. The highest BCUT2D eigenvalue weighted by Crippen LogP contribution is 2.72. The van der Waals surface area contributed by atoms with Crippen molar-refractivity contribution in [3.05, 3.63) is 77.9 Å². The van der Waals surface area contributed by atoms with Crippen LogP contribution in [-0.2, 0) is 0 Å². The number of rotatable bonds is 7. The second kappa shape index (κ2) is 8.46. The third kappa shape index (κ3) is 2.93. The molecule has 5 heteroatoms. The first kappa shape index (κ1) is 22.6. The maximum Gasteiger partial charge on any atom is 0.253 e. The molecular weight excluding hydrogens is 446 g/mol. The van der Waals surface area contributed by atoms with Crippen LogP contribution in [0.25, 0.3) is 0 Å². The molecule has 2 aliphatic carbocycles. The highest BCUT2D eigenvalue weighted by Gasteiger charge is 2.80. The number of hydrogen-bond acceptors (Lipinski definition) is 4. The lowest BCUT2D eigenvalue weighted by Crippen LogP contribution is -2.83. The molecule has 5 atom stereocenters. The molecule has 0 aromatic heterocycles. The molecule has 188 valence electrons. The van der Waals surface area contributed by atoms with Crippen LogP contribution in [-0.4, -0.2) is 71.5 Å². The Morgan fingerprint density at radius 1 is 1.00 bits per heavy atom. The first-order valence-corrected chi connectivity index (χ1v) is 13.9. The van der Waals surface area contributed by atoms with Crippen LogP contribution in [0.1, 0.15) is 66.1 Å². The zero-order valence-corrected chi connectivity index (χ0v) is 21.3. The lowest BCUT2D eigenvalue weighted by Gasteiger charge is -2.72. The van der Waals surface area contributed by atoms with Crippen LogP contribution < -0.4 is 4.74 Å². The van der Waals surface area contributed by atoms with Crippen LogP contribution in [0.4, 0.5) is 0 Å². The van der Waals surface area contributed by atoms with Crippen molar-refractivity contribution in [1.82, 2.24) is 14.7 Å². The van der Waals surface area contributed by atoms with E-state index in [0.717, 1.165) is 55.9 Å². The molecule has 7 rings (SSSR count). The van der Waals surface area contributed by atoms with Gasteiger partial charge in [0.25, 0.3) is 5.91 Å². The Hall–Kier alpha value is -2.63. The summed E-state index contributed by atoms with van der Waals surface area (Å²) in [4.78, 5) is 20.6. The molecule has 36 heavy (non-hydrogen) atoms. The molecule has 0 radical (unpaired) electrons. The van der Waals surface area contributed by atoms with E-state index >= 15 is 0 Å². The first-order valence-electron chi connectivity index (χ1n) is 13.9. The Bertz CT molecular complexity index is 1140. The number of amides is 1. The zero-order valence-electron chi connectivity index (χ0n) is 21.3. The fraction of sp³-hybridized carbons (Fsp3) is 0.516. The second-order valence-corrected chi connectivity index (χ2v) is 11.5. The Balaban J connectivity index is 1.24. The van der Waals surface area contributed by atoms with Gasteiger partial charge in [-0.25, -0.2) is 0 Å². The van der Waals surface area contributed by atoms with Gasteiger partial charge in [0.1, 0.15) is 5.75 Å². The normalized spacial score (nSPS) is 33.4. The lowest BCUT2D eigenvalue weighted by molar-refractivity contribution is -0.235. The minimum atomic E-state index is 0.175. The third-order valence-corrected chi connectivity index (χ3v) is 10.2. The number of carbonyl (C=O) groups is 1. The smallest absolute Gasteiger partial charge is 0.253 e. The van der Waals surface area contributed by atoms with E-state index in [-0.39, 0.29) is 11.9 Å². The van der Waals surface area contributed by atoms with E-state index in [9.17, 15) is 4.79 Å². The van der Waals surface area contributed by atoms with Gasteiger partial charge in [-0.15, -0.1) is 6.58 Å². The van der Waals surface area contributed by atoms with Crippen molar-refractivity contribution in [2.24, 2.45) is 5.41 Å². The maximum absolute atomic E-state index is 13.0. The molecule has 5 nitrogen and oxygen atoms in total. The van der Waals surface area contributed by atoms with Crippen LogP contribution in [0.5, 0.6) is 5.75 Å². The van der Waals surface area contributed by atoms with Crippen molar-refractivity contribution in [1.29, 1.82) is 0 Å². The zero-order chi connectivity index (χ0) is 24.4. The van der Waals surface area contributed by atoms with Gasteiger partial charge in [-0.05, 0) is 73.9 Å². The molecule has 2 saturated carbocycles. The SMILES string of the molecule is C=CCN1C2CCC3N(C(c4ccc(C(=O)N5CCCC5)cc4)c4cccc(OC)c4)C4CCC1C234. The molecule has 1 amide bonds. The summed E-state index contributed by atoms with van der Waals surface area (Å²) >= 11 is 0. The van der Waals surface area contributed by atoms with Gasteiger partial charge in [0, 0.05) is 54.8 Å². The quantitative estimate of drug-likeness (QED) is 0.526. The van der Waals surface area contributed by atoms with Gasteiger partial charge in [0.2, 0.25) is 0 Å². The fourth-order valence-corrected chi connectivity index (χ4v) is 8.98. The van der Waals surface area contributed by atoms with Gasteiger partial charge in [0.15, 0.2) is 0 Å². The molecule has 1 spiro atoms. The van der Waals surface area contributed by atoms with Gasteiger partial charge in [-0.1, -0.05) is 30.3 Å². The van der Waals surface area contributed by atoms with Crippen LogP contribution in [0, 0.1) is 5.41 Å². The number of ether oxygens (including phenoxy) is 1. The van der Waals surface area contributed by atoms with Gasteiger partial charge in [-0.3, -0.25) is 14.6 Å². The van der Waals surface area contributed by atoms with Gasteiger partial charge in [0.05, 0.1) is 13.2 Å². The number of nitrogens with zero attached hydrogens (tertiary/aromatic N) is 3. The van der Waals surface area contributed by atoms with E-state index in [2.05, 4.69) is 64.9 Å². The van der Waals surface area contributed by atoms with E-state index in [1.165, 1.54) is 36.8 Å². The number of methoxy groups -OCH3 is 1. The van der Waals surface area contributed by atoms with Crippen LogP contribution in [0.15, 0.2) is 61.2 Å². The first-order chi connectivity index (χ1) is 17.7. The van der Waals surface area contributed by atoms with Gasteiger partial charge in [-0.2, -0.15) is 0 Å². The summed E-state index contributed by atoms with van der Waals surface area (Å²) in [6.07, 6.45) is 9.48. The molecule has 5 aliphatic rings. The minimum absolute atomic E-state index is 0.175. The minimum Gasteiger partial charge on any atom is -0.497 e. The van der Waals surface area contributed by atoms with Crippen molar-refractivity contribution in [3.63, 3.8) is 0 Å². The monoisotopic (exact) mass is 483 g/mol. The van der Waals surface area contributed by atoms with Crippen molar-refractivity contribution >= 4 is 5.91 Å². The Kier molecular flexibility index (Phi) is 5.30. The topological polar surface area (TPSA) is 36.0 Å². The highest BCUT2D eigenvalue weighted by molar-refractivity contribution is 5.94. The molecule has 0 bridgehead atoms. The van der Waals surface area contributed by atoms with E-state index in [4.69, 9.17) is 4.74 Å². The van der Waals surface area contributed by atoms with Crippen LogP contribution in [0.3, 0.4) is 0 Å². The summed E-state index contributed by atoms with van der Waals surface area (Å²) in [7, 11) is 1.75. The predicted octanol–water partition coefficient (Wildman–Crippen LogP) is 4.89. The molecule has 2 aromatic carbocycles. The molecule has 3 saturated heterocycles. The number of carbonyl (C=O) groups excluding carboxylic acids is 1. The Morgan fingerprint density at radius 3 is 2.31 bits per heavy atom. The van der Waals surface area contributed by atoms with Crippen LogP contribution in [0.2, 0.25) is 0 Å². The van der Waals surface area contributed by atoms with E-state index in [1.807, 2.05) is 11.0 Å². The molecule has 5 fully saturated rings. The summed E-state index contributed by atoms with van der Waals surface area (Å²) < 4.78 is 5.63. The average Bonchev–Trinajstić information content (AvgIpc) is 3.62. The molecule has 3 heterocycles. The summed E-state index contributed by atoms with van der Waals surface area (Å²) in [6.45, 7) is 6.83. The average molecular weight is 484 g/mol. The van der Waals surface area contributed by atoms with Gasteiger partial charge < -0.3 is 9.64 Å². The Morgan fingerprint density at radius 2 is 1.67 bits per heavy atom. The predicted molar refractivity (Wildman–Crippen MR) is 141 cm³/mol. The molecular formula is C31H37N3O2. The maximum atomic E-state index is 13.0. The molecule has 2 aromatic rings. The summed E-state index contributed by atoms with van der Waals surface area (Å²) in [5.74, 6) is 1.08. The van der Waals surface area contributed by atoms with Crippen molar-refractivity contribution < 1.29 is 9.53 Å². The lowest BCUT2D eigenvalue weighted by atomic mass is 9.56. The van der Waals surface area contributed by atoms with Gasteiger partial charge >= 0.3 is 0 Å². The summed E-state index contributed by atoms with van der Waals surface area (Å²) in [6, 6.07) is 20.0. The van der Waals surface area contributed by atoms with Crippen molar-refractivity contribution in [3.8, 4) is 5.75 Å². The standard InChI is InChI=1S/C31H37N3O2/c1-3-17-33-25-13-15-27-31(25)26(33)14-16-28(31)34(27)29(23-7-6-8-24(20-23)36-2)21-9-11-22(12-10-21)30(35)32-18-4-5-19-32/h3,6-12,20,25-29H,1,4-5,13-19H2,2H3. The number of hydrogen-bond donors (Lipinski definition) is 0. The van der Waals surface area contributed by atoms with E-state index < -0.39 is 0 Å². The number of benzene rings is 2. The Labute approximate surface area is 214 Å². The summed E-state index contributed by atoms with van der Waals surface area (Å²) in [5, 5.41) is 0. The van der Waals surface area contributed by atoms with Crippen molar-refractivity contribution in [2.45, 2.75) is 68.7 Å². The largest absolute Gasteiger partial charge is 0.497 e.